The van der Waals surface area contributed by atoms with Crippen LogP contribution in [-0.2, 0) is 9.53 Å². The molecule has 0 saturated heterocycles. The van der Waals surface area contributed by atoms with Gasteiger partial charge in [-0.25, -0.2) is 4.98 Å². The summed E-state index contributed by atoms with van der Waals surface area (Å²) in [4.78, 5) is 16.2. The van der Waals surface area contributed by atoms with Crippen LogP contribution in [0.4, 0.5) is 0 Å². The van der Waals surface area contributed by atoms with Crippen molar-refractivity contribution in [1.82, 2.24) is 9.38 Å². The fourth-order valence-corrected chi connectivity index (χ4v) is 3.46. The van der Waals surface area contributed by atoms with Crippen molar-refractivity contribution in [1.29, 1.82) is 0 Å². The Kier molecular flexibility index (Phi) is 5.26. The normalized spacial score (nSPS) is 18.7. The molecular formula is C21H28N2O2. The van der Waals surface area contributed by atoms with Gasteiger partial charge in [-0.05, 0) is 82.1 Å². The number of nitrogens with zero attached hydrogens (tertiary/aromatic N) is 2. The molecule has 2 aromatic rings. The summed E-state index contributed by atoms with van der Waals surface area (Å²) in [5.41, 5.74) is 3.28. The fraction of sp³-hybridized carbons (Fsp3) is 0.524. The molecule has 134 valence electrons. The zero-order chi connectivity index (χ0) is 17.9. The third-order valence-electron chi connectivity index (χ3n) is 4.69. The predicted octanol–water partition coefficient (Wildman–Crippen LogP) is 5.03. The molecule has 3 rings (SSSR count). The number of rotatable bonds is 4. The van der Waals surface area contributed by atoms with E-state index >= 15 is 0 Å². The van der Waals surface area contributed by atoms with Crippen molar-refractivity contribution in [3.8, 4) is 0 Å². The highest BCUT2D eigenvalue weighted by atomic mass is 16.6. The van der Waals surface area contributed by atoms with Gasteiger partial charge < -0.3 is 9.14 Å². The highest BCUT2D eigenvalue weighted by Crippen LogP contribution is 2.31. The van der Waals surface area contributed by atoms with E-state index in [1.165, 1.54) is 24.0 Å². The smallest absolute Gasteiger partial charge is 0.306 e. The first-order valence-electron chi connectivity index (χ1n) is 9.25. The molecule has 1 aliphatic rings. The van der Waals surface area contributed by atoms with E-state index in [4.69, 9.17) is 4.74 Å². The molecule has 0 fully saturated rings. The SMILES string of the molecule is CC(C)(C)OC(=O)CCC1CC=C(c2ccc3nccn3c2)CCC1. The van der Waals surface area contributed by atoms with Crippen LogP contribution < -0.4 is 0 Å². The maximum atomic E-state index is 11.9. The van der Waals surface area contributed by atoms with E-state index in [0.717, 1.165) is 24.9 Å². The largest absolute Gasteiger partial charge is 0.460 e. The highest BCUT2D eigenvalue weighted by molar-refractivity contribution is 5.70. The lowest BCUT2D eigenvalue weighted by atomic mass is 9.95. The zero-order valence-corrected chi connectivity index (χ0v) is 15.5. The lowest BCUT2D eigenvalue weighted by Gasteiger charge is -2.20. The van der Waals surface area contributed by atoms with E-state index in [0.29, 0.717) is 12.3 Å². The third kappa shape index (κ3) is 4.94. The fourth-order valence-electron chi connectivity index (χ4n) is 3.46. The van der Waals surface area contributed by atoms with Crippen molar-refractivity contribution in [3.05, 3.63) is 42.4 Å². The van der Waals surface area contributed by atoms with Crippen molar-refractivity contribution in [3.63, 3.8) is 0 Å². The standard InChI is InChI=1S/C21H28N2O2/c1-21(2,3)25-20(24)12-8-16-5-4-6-17(9-7-16)18-10-11-19-22-13-14-23(19)15-18/h9-11,13-16H,4-8,12H2,1-3H3. The number of imidazole rings is 1. The minimum absolute atomic E-state index is 0.0773. The van der Waals surface area contributed by atoms with Gasteiger partial charge in [-0.2, -0.15) is 0 Å². The first kappa shape index (κ1) is 17.7. The first-order chi connectivity index (χ1) is 11.9. The Labute approximate surface area is 149 Å². The Balaban J connectivity index is 1.59. The second kappa shape index (κ2) is 7.42. The molecule has 1 unspecified atom stereocenters. The molecule has 1 atom stereocenters. The van der Waals surface area contributed by atoms with Crippen molar-refractivity contribution >= 4 is 17.2 Å². The summed E-state index contributed by atoms with van der Waals surface area (Å²) in [7, 11) is 0. The Bertz CT molecular complexity index is 768. The summed E-state index contributed by atoms with van der Waals surface area (Å²) < 4.78 is 7.49. The Hall–Kier alpha value is -2.10. The summed E-state index contributed by atoms with van der Waals surface area (Å²) in [6.07, 6.45) is 14.3. The Morgan fingerprint density at radius 3 is 3.00 bits per heavy atom. The third-order valence-corrected chi connectivity index (χ3v) is 4.69. The molecule has 0 aromatic carbocycles. The number of hydrogen-bond donors (Lipinski definition) is 0. The average molecular weight is 340 g/mol. The Morgan fingerprint density at radius 1 is 1.36 bits per heavy atom. The molecular weight excluding hydrogens is 312 g/mol. The highest BCUT2D eigenvalue weighted by Gasteiger charge is 2.19. The molecule has 0 bridgehead atoms. The van der Waals surface area contributed by atoms with Crippen molar-refractivity contribution in [2.75, 3.05) is 0 Å². The molecule has 0 radical (unpaired) electrons. The van der Waals surface area contributed by atoms with Crippen LogP contribution in [0.2, 0.25) is 0 Å². The van der Waals surface area contributed by atoms with E-state index in [1.807, 2.05) is 33.2 Å². The molecule has 25 heavy (non-hydrogen) atoms. The van der Waals surface area contributed by atoms with Crippen LogP contribution in [0, 0.1) is 5.92 Å². The maximum absolute atomic E-state index is 11.9. The van der Waals surface area contributed by atoms with Crippen LogP contribution in [0.1, 0.15) is 64.9 Å². The summed E-state index contributed by atoms with van der Waals surface area (Å²) in [5, 5.41) is 0. The molecule has 0 N–H and O–H groups in total. The summed E-state index contributed by atoms with van der Waals surface area (Å²) in [6.45, 7) is 5.76. The monoisotopic (exact) mass is 340 g/mol. The minimum atomic E-state index is -0.389. The first-order valence-corrected chi connectivity index (χ1v) is 9.25. The van der Waals surface area contributed by atoms with Crippen LogP contribution in [0.25, 0.3) is 11.2 Å². The van der Waals surface area contributed by atoms with Gasteiger partial charge in [0.2, 0.25) is 0 Å². The number of carbonyl (C=O) groups excluding carboxylic acids is 1. The summed E-state index contributed by atoms with van der Waals surface area (Å²) >= 11 is 0. The van der Waals surface area contributed by atoms with Gasteiger partial charge in [0.1, 0.15) is 11.2 Å². The van der Waals surface area contributed by atoms with Gasteiger partial charge in [0, 0.05) is 25.0 Å². The topological polar surface area (TPSA) is 43.6 Å². The van der Waals surface area contributed by atoms with Crippen LogP contribution in [-0.4, -0.2) is 21.0 Å². The lowest BCUT2D eigenvalue weighted by Crippen LogP contribution is -2.24. The Morgan fingerprint density at radius 2 is 2.20 bits per heavy atom. The molecule has 0 amide bonds. The second-order valence-electron chi connectivity index (χ2n) is 7.96. The van der Waals surface area contributed by atoms with Gasteiger partial charge in [-0.1, -0.05) is 6.08 Å². The van der Waals surface area contributed by atoms with Gasteiger partial charge in [0.25, 0.3) is 0 Å². The van der Waals surface area contributed by atoms with E-state index < -0.39 is 0 Å². The van der Waals surface area contributed by atoms with Crippen molar-refractivity contribution < 1.29 is 9.53 Å². The van der Waals surface area contributed by atoms with E-state index in [2.05, 4.69) is 33.8 Å². The number of pyridine rings is 1. The van der Waals surface area contributed by atoms with Crippen LogP contribution in [0.15, 0.2) is 36.8 Å². The van der Waals surface area contributed by atoms with E-state index in [-0.39, 0.29) is 11.6 Å². The predicted molar refractivity (Wildman–Crippen MR) is 100 cm³/mol. The number of fused-ring (bicyclic) bond motifs is 1. The molecule has 1 aliphatic carbocycles. The number of esters is 1. The van der Waals surface area contributed by atoms with Crippen LogP contribution >= 0.6 is 0 Å². The van der Waals surface area contributed by atoms with Gasteiger partial charge in [-0.15, -0.1) is 0 Å². The van der Waals surface area contributed by atoms with Gasteiger partial charge in [-0.3, -0.25) is 4.79 Å². The molecule has 2 heterocycles. The van der Waals surface area contributed by atoms with Gasteiger partial charge >= 0.3 is 5.97 Å². The molecule has 2 aromatic heterocycles. The maximum Gasteiger partial charge on any atom is 0.306 e. The molecule has 0 saturated carbocycles. The van der Waals surface area contributed by atoms with Crippen LogP contribution in [0.3, 0.4) is 0 Å². The summed E-state index contributed by atoms with van der Waals surface area (Å²) in [6, 6.07) is 4.23. The quantitative estimate of drug-likeness (QED) is 0.733. The number of aromatic nitrogens is 2. The number of ether oxygens (including phenoxy) is 1. The van der Waals surface area contributed by atoms with Gasteiger partial charge in [0.05, 0.1) is 0 Å². The van der Waals surface area contributed by atoms with Crippen molar-refractivity contribution in [2.45, 2.75) is 64.9 Å². The average Bonchev–Trinajstić information content (AvgIpc) is 2.87. The van der Waals surface area contributed by atoms with Crippen molar-refractivity contribution in [2.24, 2.45) is 5.92 Å². The molecule has 4 heteroatoms. The molecule has 0 spiro atoms. The number of allylic oxidation sites excluding steroid dienone is 2. The molecule has 0 aliphatic heterocycles. The van der Waals surface area contributed by atoms with E-state index in [9.17, 15) is 4.79 Å². The second-order valence-corrected chi connectivity index (χ2v) is 7.96. The molecule has 4 nitrogen and oxygen atoms in total. The zero-order valence-electron chi connectivity index (χ0n) is 15.5. The van der Waals surface area contributed by atoms with Gasteiger partial charge in [0.15, 0.2) is 0 Å². The summed E-state index contributed by atoms with van der Waals surface area (Å²) in [5.74, 6) is 0.494. The number of hydrogen-bond acceptors (Lipinski definition) is 3. The minimum Gasteiger partial charge on any atom is -0.460 e. The van der Waals surface area contributed by atoms with E-state index in [1.54, 1.807) is 0 Å². The number of carbonyl (C=O) groups is 1. The van der Waals surface area contributed by atoms with Crippen LogP contribution in [0.5, 0.6) is 0 Å². The lowest BCUT2D eigenvalue weighted by molar-refractivity contribution is -0.155.